The molecule has 0 heterocycles. The van der Waals surface area contributed by atoms with Crippen LogP contribution in [-0.2, 0) is 6.54 Å². The predicted molar refractivity (Wildman–Crippen MR) is 74.4 cm³/mol. The smallest absolute Gasteiger partial charge is 0.0414 e. The lowest BCUT2D eigenvalue weighted by Gasteiger charge is -2.31. The third-order valence-corrected chi connectivity index (χ3v) is 3.44. The van der Waals surface area contributed by atoms with Gasteiger partial charge in [0.25, 0.3) is 0 Å². The number of anilines is 1. The minimum Gasteiger partial charge on any atom is -0.369 e. The minimum absolute atomic E-state index is 0.577. The normalized spacial score (nSPS) is 15.3. The van der Waals surface area contributed by atoms with Crippen molar-refractivity contribution in [3.8, 4) is 0 Å². The van der Waals surface area contributed by atoms with E-state index in [1.54, 1.807) is 0 Å². The monoisotopic (exact) mass is 232 g/mol. The lowest BCUT2D eigenvalue weighted by Crippen LogP contribution is -2.33. The minimum atomic E-state index is 0.577. The van der Waals surface area contributed by atoms with Crippen LogP contribution in [0.1, 0.15) is 32.3 Å². The second-order valence-corrected chi connectivity index (χ2v) is 5.35. The molecular weight excluding hydrogens is 208 g/mol. The van der Waals surface area contributed by atoms with Gasteiger partial charge in [-0.15, -0.1) is 0 Å². The molecule has 0 radical (unpaired) electrons. The molecule has 2 heteroatoms. The van der Waals surface area contributed by atoms with Crippen molar-refractivity contribution in [1.29, 1.82) is 0 Å². The highest BCUT2D eigenvalue weighted by Crippen LogP contribution is 2.33. The molecule has 0 atom stereocenters. The van der Waals surface area contributed by atoms with Crippen LogP contribution < -0.4 is 10.2 Å². The predicted octanol–water partition coefficient (Wildman–Crippen LogP) is 3.03. The molecule has 0 saturated heterocycles. The Morgan fingerprint density at radius 1 is 1.29 bits per heavy atom. The summed E-state index contributed by atoms with van der Waals surface area (Å²) in [6, 6.07) is 9.35. The molecule has 1 aromatic rings. The number of rotatable bonds is 6. The van der Waals surface area contributed by atoms with Crippen molar-refractivity contribution in [2.45, 2.75) is 39.3 Å². The van der Waals surface area contributed by atoms with Crippen LogP contribution >= 0.6 is 0 Å². The second kappa shape index (κ2) is 5.54. The highest BCUT2D eigenvalue weighted by atomic mass is 15.2. The first-order chi connectivity index (χ1) is 8.22. The van der Waals surface area contributed by atoms with Gasteiger partial charge in [0.2, 0.25) is 0 Å². The van der Waals surface area contributed by atoms with Gasteiger partial charge in [0.05, 0.1) is 0 Å². The fraction of sp³-hybridized carbons (Fsp3) is 0.600. The third-order valence-electron chi connectivity index (χ3n) is 3.44. The van der Waals surface area contributed by atoms with Crippen LogP contribution in [0.4, 0.5) is 5.69 Å². The van der Waals surface area contributed by atoms with E-state index in [9.17, 15) is 0 Å². The van der Waals surface area contributed by atoms with E-state index in [0.29, 0.717) is 6.04 Å². The first-order valence-electron chi connectivity index (χ1n) is 6.71. The molecule has 2 nitrogen and oxygen atoms in total. The Bertz CT molecular complexity index is 356. The van der Waals surface area contributed by atoms with Gasteiger partial charge in [0.1, 0.15) is 0 Å². The van der Waals surface area contributed by atoms with E-state index < -0.39 is 0 Å². The van der Waals surface area contributed by atoms with E-state index in [0.717, 1.165) is 12.5 Å². The second-order valence-electron chi connectivity index (χ2n) is 5.35. The van der Waals surface area contributed by atoms with Gasteiger partial charge in [-0.05, 0) is 51.3 Å². The van der Waals surface area contributed by atoms with Crippen LogP contribution in [0.2, 0.25) is 0 Å². The molecule has 0 amide bonds. The van der Waals surface area contributed by atoms with Crippen molar-refractivity contribution < 1.29 is 0 Å². The summed E-state index contributed by atoms with van der Waals surface area (Å²) in [7, 11) is 2.01. The zero-order valence-corrected chi connectivity index (χ0v) is 11.2. The Labute approximate surface area is 105 Å². The average molecular weight is 232 g/mol. The molecule has 0 aromatic heterocycles. The summed E-state index contributed by atoms with van der Waals surface area (Å²) >= 11 is 0. The van der Waals surface area contributed by atoms with Crippen LogP contribution in [0.3, 0.4) is 0 Å². The first kappa shape index (κ1) is 12.4. The fourth-order valence-corrected chi connectivity index (χ4v) is 2.30. The van der Waals surface area contributed by atoms with E-state index in [2.05, 4.69) is 48.3 Å². The number of nitrogens with zero attached hydrogens (tertiary/aromatic N) is 1. The molecule has 0 bridgehead atoms. The SMILES string of the molecule is CNCc1ccccc1N(CC1CC1)C(C)C. The summed E-state index contributed by atoms with van der Waals surface area (Å²) in [6.45, 7) is 6.75. The van der Waals surface area contributed by atoms with Crippen LogP contribution in [0.5, 0.6) is 0 Å². The van der Waals surface area contributed by atoms with Gasteiger partial charge in [-0.2, -0.15) is 0 Å². The molecule has 1 aliphatic rings. The molecule has 2 rings (SSSR count). The van der Waals surface area contributed by atoms with Crippen molar-refractivity contribution in [1.82, 2.24) is 5.32 Å². The molecule has 1 aromatic carbocycles. The van der Waals surface area contributed by atoms with Gasteiger partial charge in [-0.3, -0.25) is 0 Å². The maximum Gasteiger partial charge on any atom is 0.0414 e. The zero-order chi connectivity index (χ0) is 12.3. The molecule has 1 fully saturated rings. The summed E-state index contributed by atoms with van der Waals surface area (Å²) in [5, 5.41) is 3.26. The van der Waals surface area contributed by atoms with E-state index in [1.165, 1.54) is 30.6 Å². The highest BCUT2D eigenvalue weighted by Gasteiger charge is 2.26. The summed E-state index contributed by atoms with van der Waals surface area (Å²) in [6.07, 6.45) is 2.83. The topological polar surface area (TPSA) is 15.3 Å². The van der Waals surface area contributed by atoms with Crippen molar-refractivity contribution >= 4 is 5.69 Å². The van der Waals surface area contributed by atoms with Crippen molar-refractivity contribution in [2.24, 2.45) is 5.92 Å². The number of nitrogens with one attached hydrogen (secondary N) is 1. The number of hydrogen-bond donors (Lipinski definition) is 1. The van der Waals surface area contributed by atoms with Gasteiger partial charge in [-0.1, -0.05) is 18.2 Å². The Morgan fingerprint density at radius 3 is 2.59 bits per heavy atom. The van der Waals surface area contributed by atoms with E-state index >= 15 is 0 Å². The van der Waals surface area contributed by atoms with Gasteiger partial charge >= 0.3 is 0 Å². The fourth-order valence-electron chi connectivity index (χ4n) is 2.30. The van der Waals surface area contributed by atoms with Gasteiger partial charge in [-0.25, -0.2) is 0 Å². The van der Waals surface area contributed by atoms with Crippen LogP contribution in [0, 0.1) is 5.92 Å². The molecule has 17 heavy (non-hydrogen) atoms. The molecule has 0 aliphatic heterocycles. The van der Waals surface area contributed by atoms with Crippen LogP contribution in [0.15, 0.2) is 24.3 Å². The largest absolute Gasteiger partial charge is 0.369 e. The van der Waals surface area contributed by atoms with E-state index in [-0.39, 0.29) is 0 Å². The Balaban J connectivity index is 2.20. The summed E-state index contributed by atoms with van der Waals surface area (Å²) < 4.78 is 0. The van der Waals surface area contributed by atoms with Crippen molar-refractivity contribution in [3.63, 3.8) is 0 Å². The van der Waals surface area contributed by atoms with Gasteiger partial charge in [0, 0.05) is 24.8 Å². The molecule has 94 valence electrons. The van der Waals surface area contributed by atoms with Crippen molar-refractivity contribution in [2.75, 3.05) is 18.5 Å². The maximum absolute atomic E-state index is 3.26. The maximum atomic E-state index is 3.26. The Hall–Kier alpha value is -1.02. The molecule has 0 unspecified atom stereocenters. The highest BCUT2D eigenvalue weighted by molar-refractivity contribution is 5.54. The summed E-state index contributed by atoms with van der Waals surface area (Å²) in [5.74, 6) is 0.931. The molecule has 0 spiro atoms. The number of benzene rings is 1. The summed E-state index contributed by atoms with van der Waals surface area (Å²) in [5.41, 5.74) is 2.81. The zero-order valence-electron chi connectivity index (χ0n) is 11.2. The Morgan fingerprint density at radius 2 is 2.00 bits per heavy atom. The number of para-hydroxylation sites is 1. The molecular formula is C15H24N2. The standard InChI is InChI=1S/C15H24N2/c1-12(2)17(11-13-8-9-13)15-7-5-4-6-14(15)10-16-3/h4-7,12-13,16H,8-11H2,1-3H3. The van der Waals surface area contributed by atoms with Crippen molar-refractivity contribution in [3.05, 3.63) is 29.8 Å². The third kappa shape index (κ3) is 3.22. The van der Waals surface area contributed by atoms with E-state index in [4.69, 9.17) is 0 Å². The van der Waals surface area contributed by atoms with E-state index in [1.807, 2.05) is 7.05 Å². The average Bonchev–Trinajstić information content (AvgIpc) is 3.11. The molecule has 1 N–H and O–H groups in total. The first-order valence-corrected chi connectivity index (χ1v) is 6.71. The molecule has 1 aliphatic carbocycles. The Kier molecular flexibility index (Phi) is 4.06. The lowest BCUT2D eigenvalue weighted by atomic mass is 10.1. The summed E-state index contributed by atoms with van der Waals surface area (Å²) in [4.78, 5) is 2.56. The van der Waals surface area contributed by atoms with Gasteiger partial charge in [0.15, 0.2) is 0 Å². The van der Waals surface area contributed by atoms with Crippen LogP contribution in [0.25, 0.3) is 0 Å². The molecule has 1 saturated carbocycles. The van der Waals surface area contributed by atoms with Crippen LogP contribution in [-0.4, -0.2) is 19.6 Å². The number of hydrogen-bond acceptors (Lipinski definition) is 2. The van der Waals surface area contributed by atoms with Gasteiger partial charge < -0.3 is 10.2 Å². The quantitative estimate of drug-likeness (QED) is 0.811. The lowest BCUT2D eigenvalue weighted by molar-refractivity contribution is 0.639.